The molecule has 94 valence electrons. The van der Waals surface area contributed by atoms with Crippen molar-refractivity contribution in [3.8, 4) is 11.5 Å². The molecule has 2 rings (SSSR count). The molecule has 2 nitrogen and oxygen atoms in total. The Morgan fingerprint density at radius 1 is 1.06 bits per heavy atom. The molecular weight excluding hydrogens is 365 g/mol. The fraction of sp³-hybridized carbons (Fsp3) is 0.0769. The third kappa shape index (κ3) is 3.10. The van der Waals surface area contributed by atoms with Crippen LogP contribution in [0.25, 0.3) is 0 Å². The van der Waals surface area contributed by atoms with Gasteiger partial charge in [0.15, 0.2) is 0 Å². The lowest BCUT2D eigenvalue weighted by atomic mass is 10.2. The lowest BCUT2D eigenvalue weighted by molar-refractivity contribution is 0.467. The molecule has 2 N–H and O–H groups in total. The fourth-order valence-corrected chi connectivity index (χ4v) is 2.13. The summed E-state index contributed by atoms with van der Waals surface area (Å²) in [4.78, 5) is 0. The van der Waals surface area contributed by atoms with E-state index in [1.54, 1.807) is 12.1 Å². The van der Waals surface area contributed by atoms with E-state index in [2.05, 4.69) is 31.9 Å². The molecule has 0 heterocycles. The van der Waals surface area contributed by atoms with Crippen molar-refractivity contribution < 1.29 is 9.13 Å². The Kier molecular flexibility index (Phi) is 4.37. The summed E-state index contributed by atoms with van der Waals surface area (Å²) >= 11 is 6.68. The van der Waals surface area contributed by atoms with Crippen LogP contribution in [0.2, 0.25) is 0 Å². The number of hydrogen-bond donors (Lipinski definition) is 1. The quantitative estimate of drug-likeness (QED) is 0.851. The lowest BCUT2D eigenvalue weighted by Gasteiger charge is -2.12. The third-order valence-electron chi connectivity index (χ3n) is 2.36. The van der Waals surface area contributed by atoms with Crippen molar-refractivity contribution in [3.63, 3.8) is 0 Å². The van der Waals surface area contributed by atoms with Gasteiger partial charge in [0.1, 0.15) is 17.3 Å². The van der Waals surface area contributed by atoms with Gasteiger partial charge in [-0.05, 0) is 40.2 Å². The highest BCUT2D eigenvalue weighted by Crippen LogP contribution is 2.33. The number of halogens is 3. The Morgan fingerprint density at radius 3 is 2.56 bits per heavy atom. The first kappa shape index (κ1) is 13.5. The highest BCUT2D eigenvalue weighted by Gasteiger charge is 2.08. The van der Waals surface area contributed by atoms with Gasteiger partial charge in [-0.1, -0.05) is 22.0 Å². The lowest BCUT2D eigenvalue weighted by Crippen LogP contribution is -1.99. The minimum atomic E-state index is -0.350. The predicted octanol–water partition coefficient (Wildman–Crippen LogP) is 4.60. The molecule has 0 bridgehead atoms. The predicted molar refractivity (Wildman–Crippen MR) is 76.2 cm³/mol. The summed E-state index contributed by atoms with van der Waals surface area (Å²) in [6, 6.07) is 9.85. The van der Waals surface area contributed by atoms with Crippen LogP contribution in [0, 0.1) is 5.82 Å². The zero-order valence-electron chi connectivity index (χ0n) is 9.29. The largest absolute Gasteiger partial charge is 0.456 e. The van der Waals surface area contributed by atoms with Gasteiger partial charge < -0.3 is 10.5 Å². The molecule has 2 aromatic carbocycles. The van der Waals surface area contributed by atoms with Crippen LogP contribution in [-0.2, 0) is 6.54 Å². The van der Waals surface area contributed by atoms with E-state index in [0.29, 0.717) is 22.5 Å². The molecule has 0 aromatic heterocycles. The summed E-state index contributed by atoms with van der Waals surface area (Å²) in [5.41, 5.74) is 6.50. The van der Waals surface area contributed by atoms with E-state index in [0.717, 1.165) is 10.0 Å². The molecule has 2 aromatic rings. The van der Waals surface area contributed by atoms with Crippen molar-refractivity contribution in [1.82, 2.24) is 0 Å². The number of rotatable bonds is 3. The molecular formula is C13H10Br2FNO. The summed E-state index contributed by atoms with van der Waals surface area (Å²) < 4.78 is 20.4. The molecule has 0 unspecified atom stereocenters. The Bertz CT molecular complexity index is 575. The van der Waals surface area contributed by atoms with Gasteiger partial charge in [0.05, 0.1) is 4.47 Å². The normalized spacial score (nSPS) is 10.4. The summed E-state index contributed by atoms with van der Waals surface area (Å²) in [7, 11) is 0. The van der Waals surface area contributed by atoms with E-state index >= 15 is 0 Å². The van der Waals surface area contributed by atoms with Crippen LogP contribution in [0.15, 0.2) is 45.3 Å². The molecule has 0 spiro atoms. The maximum Gasteiger partial charge on any atom is 0.144 e. The average Bonchev–Trinajstić information content (AvgIpc) is 2.34. The standard InChI is InChI=1S/C13H10Br2FNO/c14-9-2-1-8(7-17)12(5-9)18-13-6-10(16)3-4-11(13)15/h1-6H,7,17H2. The Labute approximate surface area is 121 Å². The molecule has 0 fully saturated rings. The van der Waals surface area contributed by atoms with E-state index in [-0.39, 0.29) is 5.82 Å². The van der Waals surface area contributed by atoms with Gasteiger partial charge in [-0.3, -0.25) is 0 Å². The molecule has 0 aliphatic heterocycles. The summed E-state index contributed by atoms with van der Waals surface area (Å²) in [6.07, 6.45) is 0. The topological polar surface area (TPSA) is 35.2 Å². The molecule has 0 aliphatic carbocycles. The van der Waals surface area contributed by atoms with Gasteiger partial charge in [0, 0.05) is 22.6 Å². The van der Waals surface area contributed by atoms with Crippen LogP contribution in [0.4, 0.5) is 4.39 Å². The number of nitrogens with two attached hydrogens (primary N) is 1. The second-order valence-electron chi connectivity index (χ2n) is 3.63. The van der Waals surface area contributed by atoms with Crippen molar-refractivity contribution in [1.29, 1.82) is 0 Å². The molecule has 0 atom stereocenters. The highest BCUT2D eigenvalue weighted by atomic mass is 79.9. The van der Waals surface area contributed by atoms with E-state index < -0.39 is 0 Å². The number of benzene rings is 2. The Balaban J connectivity index is 2.38. The van der Waals surface area contributed by atoms with Gasteiger partial charge in [0.25, 0.3) is 0 Å². The van der Waals surface area contributed by atoms with Crippen molar-refractivity contribution in [2.75, 3.05) is 0 Å². The van der Waals surface area contributed by atoms with Crippen LogP contribution < -0.4 is 10.5 Å². The maximum atomic E-state index is 13.2. The van der Waals surface area contributed by atoms with Gasteiger partial charge >= 0.3 is 0 Å². The minimum Gasteiger partial charge on any atom is -0.456 e. The zero-order valence-corrected chi connectivity index (χ0v) is 12.5. The van der Waals surface area contributed by atoms with Crippen LogP contribution in [-0.4, -0.2) is 0 Å². The van der Waals surface area contributed by atoms with Crippen LogP contribution in [0.3, 0.4) is 0 Å². The van der Waals surface area contributed by atoms with E-state index in [4.69, 9.17) is 10.5 Å². The van der Waals surface area contributed by atoms with Gasteiger partial charge in [-0.2, -0.15) is 0 Å². The van der Waals surface area contributed by atoms with E-state index in [1.165, 1.54) is 12.1 Å². The van der Waals surface area contributed by atoms with E-state index in [9.17, 15) is 4.39 Å². The monoisotopic (exact) mass is 373 g/mol. The van der Waals surface area contributed by atoms with Crippen LogP contribution in [0.5, 0.6) is 11.5 Å². The zero-order chi connectivity index (χ0) is 13.1. The highest BCUT2D eigenvalue weighted by molar-refractivity contribution is 9.10. The first-order chi connectivity index (χ1) is 8.60. The molecule has 18 heavy (non-hydrogen) atoms. The first-order valence-corrected chi connectivity index (χ1v) is 6.80. The van der Waals surface area contributed by atoms with Crippen molar-refractivity contribution in [2.45, 2.75) is 6.54 Å². The minimum absolute atomic E-state index is 0.350. The molecule has 5 heteroatoms. The molecule has 0 amide bonds. The second kappa shape index (κ2) is 5.82. The molecule has 0 radical (unpaired) electrons. The van der Waals surface area contributed by atoms with Crippen LogP contribution in [0.1, 0.15) is 5.56 Å². The Hall–Kier alpha value is -0.910. The van der Waals surface area contributed by atoms with E-state index in [1.807, 2.05) is 12.1 Å². The fourth-order valence-electron chi connectivity index (χ4n) is 1.47. The molecule has 0 saturated heterocycles. The second-order valence-corrected chi connectivity index (χ2v) is 5.40. The summed E-state index contributed by atoms with van der Waals surface area (Å²) in [5, 5.41) is 0. The average molecular weight is 375 g/mol. The van der Waals surface area contributed by atoms with Gasteiger partial charge in [0.2, 0.25) is 0 Å². The van der Waals surface area contributed by atoms with Crippen molar-refractivity contribution >= 4 is 31.9 Å². The maximum absolute atomic E-state index is 13.2. The number of hydrogen-bond acceptors (Lipinski definition) is 2. The van der Waals surface area contributed by atoms with Gasteiger partial charge in [-0.15, -0.1) is 0 Å². The SMILES string of the molecule is NCc1ccc(Br)cc1Oc1cc(F)ccc1Br. The van der Waals surface area contributed by atoms with Crippen LogP contribution >= 0.6 is 31.9 Å². The van der Waals surface area contributed by atoms with Gasteiger partial charge in [-0.25, -0.2) is 4.39 Å². The third-order valence-corrected chi connectivity index (χ3v) is 3.51. The number of ether oxygens (including phenoxy) is 1. The summed E-state index contributed by atoms with van der Waals surface area (Å²) in [5.74, 6) is 0.679. The van der Waals surface area contributed by atoms with Crippen molar-refractivity contribution in [2.24, 2.45) is 5.73 Å². The first-order valence-electron chi connectivity index (χ1n) is 5.21. The smallest absolute Gasteiger partial charge is 0.144 e. The van der Waals surface area contributed by atoms with Crippen molar-refractivity contribution in [3.05, 3.63) is 56.7 Å². The molecule has 0 saturated carbocycles. The Morgan fingerprint density at radius 2 is 1.83 bits per heavy atom. The molecule has 0 aliphatic rings. The summed E-state index contributed by atoms with van der Waals surface area (Å²) in [6.45, 7) is 0.357.